The molecule has 0 fully saturated rings. The Balaban J connectivity index is 1.78. The Kier molecular flexibility index (Phi) is 5.31. The van der Waals surface area contributed by atoms with Gasteiger partial charge in [0.1, 0.15) is 11.5 Å². The predicted molar refractivity (Wildman–Crippen MR) is 117 cm³/mol. The van der Waals surface area contributed by atoms with E-state index < -0.39 is 6.17 Å². The molecule has 2 aromatic carbocycles. The van der Waals surface area contributed by atoms with Gasteiger partial charge in [0.05, 0.1) is 31.2 Å². The topological polar surface area (TPSA) is 63.7 Å². The Morgan fingerprint density at radius 3 is 2.47 bits per heavy atom. The quantitative estimate of drug-likeness (QED) is 0.628. The normalized spacial score (nSPS) is 15.3. The van der Waals surface area contributed by atoms with Gasteiger partial charge >= 0.3 is 0 Å². The molecule has 2 heterocycles. The van der Waals surface area contributed by atoms with Crippen LogP contribution in [0.3, 0.4) is 0 Å². The van der Waals surface area contributed by atoms with E-state index in [1.165, 1.54) is 5.56 Å². The predicted octanol–water partition coefficient (Wildman–Crippen LogP) is 4.99. The zero-order valence-corrected chi connectivity index (χ0v) is 17.5. The van der Waals surface area contributed by atoms with E-state index in [1.54, 1.807) is 55.6 Å². The van der Waals surface area contributed by atoms with Gasteiger partial charge < -0.3 is 14.8 Å². The first-order valence-electron chi connectivity index (χ1n) is 9.90. The molecule has 30 heavy (non-hydrogen) atoms. The summed E-state index contributed by atoms with van der Waals surface area (Å²) in [6.07, 6.45) is 1.23. The summed E-state index contributed by atoms with van der Waals surface area (Å²) in [7, 11) is 3.18. The lowest BCUT2D eigenvalue weighted by molar-refractivity contribution is 0.0992. The number of amides is 1. The maximum atomic E-state index is 13.4. The van der Waals surface area contributed by atoms with Gasteiger partial charge in [-0.05, 0) is 47.9 Å². The van der Waals surface area contributed by atoms with E-state index in [2.05, 4.69) is 36.3 Å². The fourth-order valence-corrected chi connectivity index (χ4v) is 3.67. The van der Waals surface area contributed by atoms with Gasteiger partial charge in [-0.3, -0.25) is 14.7 Å². The van der Waals surface area contributed by atoms with E-state index in [1.807, 2.05) is 12.1 Å². The summed E-state index contributed by atoms with van der Waals surface area (Å²) in [5.41, 5.74) is 4.03. The fourth-order valence-electron chi connectivity index (χ4n) is 3.67. The SMILES string of the molecule is COc1ccc(OC)c(N2C(=O)c3cccnc3C2Nc2ccc(C(C)C)cc2)c1. The molecule has 1 aliphatic heterocycles. The van der Waals surface area contributed by atoms with E-state index in [0.29, 0.717) is 34.4 Å². The van der Waals surface area contributed by atoms with Crippen molar-refractivity contribution in [3.05, 3.63) is 77.6 Å². The highest BCUT2D eigenvalue weighted by Crippen LogP contribution is 2.42. The van der Waals surface area contributed by atoms with Gasteiger partial charge in [0.25, 0.3) is 5.91 Å². The van der Waals surface area contributed by atoms with Gasteiger partial charge in [0.15, 0.2) is 6.17 Å². The lowest BCUT2D eigenvalue weighted by Gasteiger charge is -2.28. The molecule has 0 saturated carbocycles. The summed E-state index contributed by atoms with van der Waals surface area (Å²) in [5, 5.41) is 3.48. The van der Waals surface area contributed by atoms with E-state index in [-0.39, 0.29) is 5.91 Å². The number of nitrogens with zero attached hydrogens (tertiary/aromatic N) is 2. The highest BCUT2D eigenvalue weighted by molar-refractivity contribution is 6.11. The van der Waals surface area contributed by atoms with Crippen molar-refractivity contribution >= 4 is 17.3 Å². The minimum absolute atomic E-state index is 0.138. The van der Waals surface area contributed by atoms with Crippen LogP contribution in [-0.2, 0) is 0 Å². The third kappa shape index (κ3) is 3.45. The summed E-state index contributed by atoms with van der Waals surface area (Å²) in [6.45, 7) is 4.32. The molecule has 0 radical (unpaired) electrons. The van der Waals surface area contributed by atoms with Crippen LogP contribution in [0, 0.1) is 0 Å². The van der Waals surface area contributed by atoms with Gasteiger partial charge in [-0.2, -0.15) is 0 Å². The summed E-state index contributed by atoms with van der Waals surface area (Å²) in [6, 6.07) is 17.2. The molecule has 1 amide bonds. The van der Waals surface area contributed by atoms with E-state index in [9.17, 15) is 4.79 Å². The van der Waals surface area contributed by atoms with Crippen molar-refractivity contribution in [3.8, 4) is 11.5 Å². The van der Waals surface area contributed by atoms with Gasteiger partial charge in [-0.1, -0.05) is 26.0 Å². The molecule has 1 unspecified atom stereocenters. The van der Waals surface area contributed by atoms with Crippen LogP contribution >= 0.6 is 0 Å². The number of fused-ring (bicyclic) bond motifs is 1. The Labute approximate surface area is 176 Å². The molecule has 3 aromatic rings. The molecular weight excluding hydrogens is 378 g/mol. The summed E-state index contributed by atoms with van der Waals surface area (Å²) in [5.74, 6) is 1.54. The van der Waals surface area contributed by atoms with Crippen LogP contribution in [0.5, 0.6) is 11.5 Å². The van der Waals surface area contributed by atoms with E-state index in [0.717, 1.165) is 5.69 Å². The number of hydrogen-bond acceptors (Lipinski definition) is 5. The second-order valence-electron chi connectivity index (χ2n) is 7.47. The fraction of sp³-hybridized carbons (Fsp3) is 0.250. The van der Waals surface area contributed by atoms with Crippen molar-refractivity contribution in [2.75, 3.05) is 24.4 Å². The van der Waals surface area contributed by atoms with Gasteiger partial charge in [0, 0.05) is 18.0 Å². The molecule has 6 nitrogen and oxygen atoms in total. The first-order chi connectivity index (χ1) is 14.5. The third-order valence-electron chi connectivity index (χ3n) is 5.33. The second kappa shape index (κ2) is 8.06. The maximum Gasteiger partial charge on any atom is 0.262 e. The number of ether oxygens (including phenoxy) is 2. The standard InChI is InChI=1S/C24H25N3O3/c1-15(2)16-7-9-17(10-8-16)26-23-22-19(6-5-13-25-22)24(28)27(23)20-14-18(29-3)11-12-21(20)30-4/h5-15,23,26H,1-4H3. The Morgan fingerprint density at radius 2 is 1.80 bits per heavy atom. The molecule has 154 valence electrons. The van der Waals surface area contributed by atoms with Crippen molar-refractivity contribution in [1.82, 2.24) is 4.98 Å². The van der Waals surface area contributed by atoms with Crippen molar-refractivity contribution in [3.63, 3.8) is 0 Å². The number of aromatic nitrogens is 1. The van der Waals surface area contributed by atoms with Gasteiger partial charge in [-0.15, -0.1) is 0 Å². The van der Waals surface area contributed by atoms with Crippen molar-refractivity contribution < 1.29 is 14.3 Å². The maximum absolute atomic E-state index is 13.4. The smallest absolute Gasteiger partial charge is 0.262 e. The van der Waals surface area contributed by atoms with Crippen molar-refractivity contribution in [2.45, 2.75) is 25.9 Å². The number of hydrogen-bond donors (Lipinski definition) is 1. The van der Waals surface area contributed by atoms with Crippen LogP contribution in [0.1, 0.15) is 47.5 Å². The number of carbonyl (C=O) groups is 1. The van der Waals surface area contributed by atoms with Crippen LogP contribution in [0.2, 0.25) is 0 Å². The molecule has 0 aliphatic carbocycles. The molecule has 0 bridgehead atoms. The van der Waals surface area contributed by atoms with Crippen LogP contribution in [-0.4, -0.2) is 25.1 Å². The van der Waals surface area contributed by atoms with Crippen molar-refractivity contribution in [2.24, 2.45) is 0 Å². The van der Waals surface area contributed by atoms with Crippen LogP contribution < -0.4 is 19.7 Å². The number of pyridine rings is 1. The Bertz CT molecular complexity index is 1060. The molecule has 0 saturated heterocycles. The van der Waals surface area contributed by atoms with Crippen LogP contribution in [0.25, 0.3) is 0 Å². The Morgan fingerprint density at radius 1 is 1.03 bits per heavy atom. The second-order valence-corrected chi connectivity index (χ2v) is 7.47. The van der Waals surface area contributed by atoms with Gasteiger partial charge in [-0.25, -0.2) is 0 Å². The number of methoxy groups -OCH3 is 2. The summed E-state index contributed by atoms with van der Waals surface area (Å²) in [4.78, 5) is 19.5. The molecule has 6 heteroatoms. The van der Waals surface area contributed by atoms with E-state index >= 15 is 0 Å². The monoisotopic (exact) mass is 403 g/mol. The highest BCUT2D eigenvalue weighted by Gasteiger charge is 2.40. The molecule has 1 aromatic heterocycles. The number of carbonyl (C=O) groups excluding carboxylic acids is 1. The first kappa shape index (κ1) is 19.8. The van der Waals surface area contributed by atoms with Crippen LogP contribution in [0.15, 0.2) is 60.8 Å². The minimum Gasteiger partial charge on any atom is -0.497 e. The number of anilines is 2. The Hall–Kier alpha value is -3.54. The van der Waals surface area contributed by atoms with Crippen LogP contribution in [0.4, 0.5) is 11.4 Å². The minimum atomic E-state index is -0.473. The molecular formula is C24H25N3O3. The number of nitrogens with one attached hydrogen (secondary N) is 1. The molecule has 1 atom stereocenters. The average molecular weight is 403 g/mol. The molecule has 4 rings (SSSR count). The molecule has 0 spiro atoms. The largest absolute Gasteiger partial charge is 0.497 e. The summed E-state index contributed by atoms with van der Waals surface area (Å²) < 4.78 is 10.9. The first-order valence-corrected chi connectivity index (χ1v) is 9.90. The molecule has 1 N–H and O–H groups in total. The average Bonchev–Trinajstić information content (AvgIpc) is 3.05. The lowest BCUT2D eigenvalue weighted by atomic mass is 10.0. The van der Waals surface area contributed by atoms with Gasteiger partial charge in [0.2, 0.25) is 0 Å². The zero-order valence-electron chi connectivity index (χ0n) is 17.5. The zero-order chi connectivity index (χ0) is 21.3. The van der Waals surface area contributed by atoms with E-state index in [4.69, 9.17) is 9.47 Å². The molecule has 1 aliphatic rings. The summed E-state index contributed by atoms with van der Waals surface area (Å²) >= 11 is 0. The number of benzene rings is 2. The van der Waals surface area contributed by atoms with Crippen molar-refractivity contribution in [1.29, 1.82) is 0 Å². The number of rotatable bonds is 6. The highest BCUT2D eigenvalue weighted by atomic mass is 16.5. The third-order valence-corrected chi connectivity index (χ3v) is 5.33. The lowest BCUT2D eigenvalue weighted by Crippen LogP contribution is -2.32.